The molecule has 0 saturated carbocycles. The van der Waals surface area contributed by atoms with E-state index in [1.54, 1.807) is 14.0 Å². The van der Waals surface area contributed by atoms with Crippen LogP contribution in [0.4, 0.5) is 0 Å². The van der Waals surface area contributed by atoms with Gasteiger partial charge in [-0.05, 0) is 44.3 Å². The zero-order valence-electron chi connectivity index (χ0n) is 14.4. The van der Waals surface area contributed by atoms with Crippen molar-refractivity contribution in [2.24, 2.45) is 5.92 Å². The third kappa shape index (κ3) is 3.11. The van der Waals surface area contributed by atoms with Gasteiger partial charge < -0.3 is 24.4 Å². The van der Waals surface area contributed by atoms with Crippen LogP contribution in [0.1, 0.15) is 25.5 Å². The van der Waals surface area contributed by atoms with Crippen LogP contribution >= 0.6 is 28.1 Å². The Bertz CT molecular complexity index is 701. The quantitative estimate of drug-likeness (QED) is 0.571. The van der Waals surface area contributed by atoms with Crippen LogP contribution in [0.25, 0.3) is 0 Å². The number of thiocarbonyl (C=S) groups is 1. The minimum Gasteiger partial charge on any atom is -0.467 e. The SMILES string of the molecule is CCOC(=O)[C@@H]1[C@H]2NC(=S)N(CCOC)[C@@]1(C)Oc1ccc(Br)cc12. The van der Waals surface area contributed by atoms with Crippen LogP contribution in [0, 0.1) is 5.92 Å². The monoisotopic (exact) mass is 428 g/mol. The van der Waals surface area contributed by atoms with Crippen LogP contribution < -0.4 is 10.1 Å². The smallest absolute Gasteiger partial charge is 0.317 e. The van der Waals surface area contributed by atoms with Crippen molar-refractivity contribution in [3.8, 4) is 5.75 Å². The normalized spacial score (nSPS) is 27.2. The maximum Gasteiger partial charge on any atom is 0.317 e. The second-order valence-electron chi connectivity index (χ2n) is 6.14. The van der Waals surface area contributed by atoms with E-state index in [-0.39, 0.29) is 12.0 Å². The molecule has 2 bridgehead atoms. The van der Waals surface area contributed by atoms with Gasteiger partial charge in [0.25, 0.3) is 0 Å². The van der Waals surface area contributed by atoms with Gasteiger partial charge in [0.1, 0.15) is 11.7 Å². The fraction of sp³-hybridized carbons (Fsp3) is 0.529. The summed E-state index contributed by atoms with van der Waals surface area (Å²) in [6.07, 6.45) is 0. The molecule has 3 atom stereocenters. The number of halogens is 1. The Morgan fingerprint density at radius 3 is 2.96 bits per heavy atom. The number of esters is 1. The van der Waals surface area contributed by atoms with E-state index < -0.39 is 11.6 Å². The zero-order chi connectivity index (χ0) is 18.2. The molecule has 8 heteroatoms. The number of carbonyl (C=O) groups is 1. The number of carbonyl (C=O) groups excluding carboxylic acids is 1. The molecule has 0 unspecified atom stereocenters. The summed E-state index contributed by atoms with van der Waals surface area (Å²) >= 11 is 9.03. The molecule has 1 fully saturated rings. The summed E-state index contributed by atoms with van der Waals surface area (Å²) in [6.45, 7) is 4.97. The summed E-state index contributed by atoms with van der Waals surface area (Å²) in [4.78, 5) is 14.7. The second-order valence-corrected chi connectivity index (χ2v) is 7.44. The van der Waals surface area contributed by atoms with E-state index >= 15 is 0 Å². The van der Waals surface area contributed by atoms with Crippen molar-refractivity contribution in [3.63, 3.8) is 0 Å². The number of rotatable bonds is 5. The van der Waals surface area contributed by atoms with Gasteiger partial charge >= 0.3 is 5.97 Å². The topological polar surface area (TPSA) is 60.0 Å². The number of benzene rings is 1. The highest BCUT2D eigenvalue weighted by Gasteiger charge is 2.59. The summed E-state index contributed by atoms with van der Waals surface area (Å²) < 4.78 is 17.8. The van der Waals surface area contributed by atoms with Crippen LogP contribution in [-0.4, -0.2) is 48.6 Å². The summed E-state index contributed by atoms with van der Waals surface area (Å²) in [6, 6.07) is 5.46. The summed E-state index contributed by atoms with van der Waals surface area (Å²) in [5.41, 5.74) is -0.0582. The molecule has 0 spiro atoms. The third-order valence-electron chi connectivity index (χ3n) is 4.65. The molecule has 1 aromatic carbocycles. The Kier molecular flexibility index (Phi) is 5.22. The fourth-order valence-corrected chi connectivity index (χ4v) is 4.30. The molecule has 25 heavy (non-hydrogen) atoms. The van der Waals surface area contributed by atoms with E-state index in [1.165, 1.54) is 0 Å². The molecule has 136 valence electrons. The molecule has 1 aromatic rings. The number of methoxy groups -OCH3 is 1. The fourth-order valence-electron chi connectivity index (χ4n) is 3.52. The van der Waals surface area contributed by atoms with Crippen molar-refractivity contribution in [1.82, 2.24) is 10.2 Å². The third-order valence-corrected chi connectivity index (χ3v) is 5.48. The van der Waals surface area contributed by atoms with Gasteiger partial charge in [-0.25, -0.2) is 0 Å². The van der Waals surface area contributed by atoms with Crippen LogP contribution in [-0.2, 0) is 14.3 Å². The number of hydrogen-bond acceptors (Lipinski definition) is 5. The molecule has 2 aliphatic heterocycles. The van der Waals surface area contributed by atoms with Gasteiger partial charge in [0, 0.05) is 23.7 Å². The number of ether oxygens (including phenoxy) is 3. The largest absolute Gasteiger partial charge is 0.467 e. The molecule has 0 amide bonds. The van der Waals surface area contributed by atoms with Crippen LogP contribution in [0.5, 0.6) is 5.75 Å². The lowest BCUT2D eigenvalue weighted by atomic mass is 9.79. The first-order valence-electron chi connectivity index (χ1n) is 8.14. The van der Waals surface area contributed by atoms with Gasteiger partial charge in [-0.3, -0.25) is 4.79 Å². The zero-order valence-corrected chi connectivity index (χ0v) is 16.8. The molecule has 2 aliphatic rings. The molecule has 0 aromatic heterocycles. The average Bonchev–Trinajstić information content (AvgIpc) is 2.55. The van der Waals surface area contributed by atoms with Crippen molar-refractivity contribution in [3.05, 3.63) is 28.2 Å². The lowest BCUT2D eigenvalue weighted by Gasteiger charge is -2.55. The van der Waals surface area contributed by atoms with Crippen LogP contribution in [0.15, 0.2) is 22.7 Å². The van der Waals surface area contributed by atoms with Gasteiger partial charge in [0.2, 0.25) is 0 Å². The minimum atomic E-state index is -0.946. The summed E-state index contributed by atoms with van der Waals surface area (Å²) in [7, 11) is 1.63. The maximum atomic E-state index is 12.8. The minimum absolute atomic E-state index is 0.307. The van der Waals surface area contributed by atoms with Gasteiger partial charge in [-0.2, -0.15) is 0 Å². The van der Waals surface area contributed by atoms with E-state index in [2.05, 4.69) is 21.2 Å². The van der Waals surface area contributed by atoms with E-state index in [9.17, 15) is 4.79 Å². The first kappa shape index (κ1) is 18.4. The van der Waals surface area contributed by atoms with Crippen molar-refractivity contribution >= 4 is 39.2 Å². The molecule has 1 N–H and O–H groups in total. The predicted octanol–water partition coefficient (Wildman–Crippen LogP) is 2.61. The van der Waals surface area contributed by atoms with Crippen molar-refractivity contribution in [2.45, 2.75) is 25.6 Å². The lowest BCUT2D eigenvalue weighted by Crippen LogP contribution is -2.71. The van der Waals surface area contributed by atoms with Crippen molar-refractivity contribution in [2.75, 3.05) is 26.9 Å². The van der Waals surface area contributed by atoms with Crippen LogP contribution in [0.3, 0.4) is 0 Å². The molecule has 6 nitrogen and oxygen atoms in total. The molecule has 1 saturated heterocycles. The predicted molar refractivity (Wildman–Crippen MR) is 100 cm³/mol. The van der Waals surface area contributed by atoms with Gasteiger partial charge in [-0.1, -0.05) is 15.9 Å². The highest BCUT2D eigenvalue weighted by atomic mass is 79.9. The van der Waals surface area contributed by atoms with Gasteiger partial charge in [-0.15, -0.1) is 0 Å². The summed E-state index contributed by atoms with van der Waals surface area (Å²) in [5, 5.41) is 3.84. The molecule has 2 heterocycles. The van der Waals surface area contributed by atoms with Gasteiger partial charge in [0.15, 0.2) is 10.8 Å². The average molecular weight is 429 g/mol. The Morgan fingerprint density at radius 1 is 1.52 bits per heavy atom. The number of hydrogen-bond donors (Lipinski definition) is 1. The lowest BCUT2D eigenvalue weighted by molar-refractivity contribution is -0.176. The van der Waals surface area contributed by atoms with E-state index in [1.807, 2.05) is 30.0 Å². The molecular formula is C17H21BrN2O4S. The second kappa shape index (κ2) is 7.09. The first-order chi connectivity index (χ1) is 11.9. The standard InChI is InChI=1S/C17H21BrN2O4S/c1-4-23-15(21)13-14-11-9-10(18)5-6-12(11)24-17(13,2)20(7-8-22-3)16(25)19-14/h5-6,9,13-14H,4,7-8H2,1-3H3,(H,19,25)/t13-,14-,17-/m0/s1. The Balaban J connectivity index is 2.09. The van der Waals surface area contributed by atoms with E-state index in [4.69, 9.17) is 26.4 Å². The van der Waals surface area contributed by atoms with E-state index in [0.29, 0.717) is 24.9 Å². The Morgan fingerprint density at radius 2 is 2.28 bits per heavy atom. The number of nitrogens with zero attached hydrogens (tertiary/aromatic N) is 1. The van der Waals surface area contributed by atoms with E-state index in [0.717, 1.165) is 15.8 Å². The van der Waals surface area contributed by atoms with Crippen molar-refractivity contribution in [1.29, 1.82) is 0 Å². The first-order valence-corrected chi connectivity index (χ1v) is 9.34. The van der Waals surface area contributed by atoms with Crippen LogP contribution in [0.2, 0.25) is 0 Å². The maximum absolute atomic E-state index is 12.8. The molecule has 3 rings (SSSR count). The number of nitrogens with one attached hydrogen (secondary N) is 1. The molecular weight excluding hydrogens is 408 g/mol. The van der Waals surface area contributed by atoms with Gasteiger partial charge in [0.05, 0.1) is 19.3 Å². The highest BCUT2D eigenvalue weighted by Crippen LogP contribution is 2.49. The Labute approximate surface area is 160 Å². The molecule has 0 aliphatic carbocycles. The number of fused-ring (bicyclic) bond motifs is 4. The highest BCUT2D eigenvalue weighted by molar-refractivity contribution is 9.10. The van der Waals surface area contributed by atoms with Crippen molar-refractivity contribution < 1.29 is 19.0 Å². The summed E-state index contributed by atoms with van der Waals surface area (Å²) in [5.74, 6) is -0.135. The Hall–Kier alpha value is -1.38. The molecule has 0 radical (unpaired) electrons.